The maximum Gasteiger partial charge on any atom is 0.573 e. The van der Waals surface area contributed by atoms with Crippen molar-refractivity contribution < 1.29 is 17.9 Å². The Morgan fingerprint density at radius 3 is 2.52 bits per heavy atom. The Labute approximate surface area is 128 Å². The van der Waals surface area contributed by atoms with Crippen molar-refractivity contribution >= 4 is 0 Å². The predicted molar refractivity (Wildman–Crippen MR) is 73.3 cm³/mol. The first-order chi connectivity index (χ1) is 11.0. The molecule has 1 N–H and O–H groups in total. The number of alkyl halides is 3. The molecule has 0 aliphatic carbocycles. The molecular formula is C14H10F3N5O. The fourth-order valence-electron chi connectivity index (χ4n) is 2.08. The second-order valence-corrected chi connectivity index (χ2v) is 4.64. The molecule has 0 aliphatic heterocycles. The van der Waals surface area contributed by atoms with E-state index in [1.165, 1.54) is 12.1 Å². The summed E-state index contributed by atoms with van der Waals surface area (Å²) >= 11 is 0. The fourth-order valence-corrected chi connectivity index (χ4v) is 2.08. The minimum atomic E-state index is -4.70. The van der Waals surface area contributed by atoms with Gasteiger partial charge >= 0.3 is 6.36 Å². The van der Waals surface area contributed by atoms with Gasteiger partial charge in [-0.15, -0.1) is 23.4 Å². The van der Waals surface area contributed by atoms with E-state index in [1.54, 1.807) is 30.6 Å². The van der Waals surface area contributed by atoms with Crippen LogP contribution in [0.4, 0.5) is 13.2 Å². The lowest BCUT2D eigenvalue weighted by Gasteiger charge is -2.10. The minimum Gasteiger partial charge on any atom is -0.406 e. The summed E-state index contributed by atoms with van der Waals surface area (Å²) in [6, 6.07) is 7.49. The van der Waals surface area contributed by atoms with Crippen LogP contribution in [0.3, 0.4) is 0 Å². The van der Waals surface area contributed by atoms with Gasteiger partial charge in [0.25, 0.3) is 0 Å². The summed E-state index contributed by atoms with van der Waals surface area (Å²) in [5, 5.41) is 13.7. The molecule has 0 amide bonds. The number of H-pyrrole nitrogens is 1. The third-order valence-electron chi connectivity index (χ3n) is 3.05. The van der Waals surface area contributed by atoms with Gasteiger partial charge in [-0.05, 0) is 41.0 Å². The Morgan fingerprint density at radius 2 is 1.87 bits per heavy atom. The highest BCUT2D eigenvalue weighted by Gasteiger charge is 2.30. The number of rotatable bonds is 4. The summed E-state index contributed by atoms with van der Waals surface area (Å²) in [4.78, 5) is 4.03. The van der Waals surface area contributed by atoms with E-state index in [1.807, 2.05) is 0 Å². The first kappa shape index (κ1) is 14.9. The van der Waals surface area contributed by atoms with Crippen LogP contribution in [0.25, 0.3) is 11.4 Å². The summed E-state index contributed by atoms with van der Waals surface area (Å²) < 4.78 is 40.3. The van der Waals surface area contributed by atoms with Crippen molar-refractivity contribution in [2.75, 3.05) is 0 Å². The number of ether oxygens (including phenoxy) is 1. The highest BCUT2D eigenvalue weighted by Crippen LogP contribution is 2.25. The fraction of sp³-hybridized carbons (Fsp3) is 0.143. The second kappa shape index (κ2) is 6.03. The number of hydrogen-bond donors (Lipinski definition) is 1. The van der Waals surface area contributed by atoms with Crippen LogP contribution in [0.15, 0.2) is 42.7 Å². The quantitative estimate of drug-likeness (QED) is 0.799. The summed E-state index contributed by atoms with van der Waals surface area (Å²) in [6.07, 6.45) is -0.974. The lowest BCUT2D eigenvalue weighted by Crippen LogP contribution is -2.17. The number of nitrogens with one attached hydrogen (secondary N) is 1. The Hall–Kier alpha value is -2.97. The summed E-state index contributed by atoms with van der Waals surface area (Å²) in [5.41, 5.74) is 2.40. The lowest BCUT2D eigenvalue weighted by molar-refractivity contribution is -0.274. The Kier molecular flexibility index (Phi) is 3.92. The average molecular weight is 321 g/mol. The number of tetrazole rings is 1. The van der Waals surface area contributed by atoms with Gasteiger partial charge in [0.05, 0.1) is 0 Å². The number of aromatic amines is 1. The Balaban J connectivity index is 1.80. The largest absolute Gasteiger partial charge is 0.573 e. The molecule has 0 spiro atoms. The molecule has 0 saturated heterocycles. The number of hydrogen-bond acceptors (Lipinski definition) is 5. The molecule has 9 heteroatoms. The van der Waals surface area contributed by atoms with E-state index in [9.17, 15) is 13.2 Å². The van der Waals surface area contributed by atoms with Crippen molar-refractivity contribution in [3.05, 3.63) is 53.9 Å². The zero-order valence-electron chi connectivity index (χ0n) is 11.6. The van der Waals surface area contributed by atoms with Gasteiger partial charge in [0.1, 0.15) is 5.75 Å². The van der Waals surface area contributed by atoms with Crippen molar-refractivity contribution in [3.63, 3.8) is 0 Å². The molecule has 0 atom stereocenters. The smallest absolute Gasteiger partial charge is 0.406 e. The highest BCUT2D eigenvalue weighted by molar-refractivity contribution is 5.58. The summed E-state index contributed by atoms with van der Waals surface area (Å²) in [7, 11) is 0. The molecule has 0 aliphatic rings. The summed E-state index contributed by atoms with van der Waals surface area (Å²) in [6.45, 7) is 0. The first-order valence-electron chi connectivity index (χ1n) is 6.53. The zero-order chi connectivity index (χ0) is 16.3. The molecule has 1 aromatic carbocycles. The van der Waals surface area contributed by atoms with Gasteiger partial charge in [0, 0.05) is 18.0 Å². The van der Waals surface area contributed by atoms with E-state index >= 15 is 0 Å². The SMILES string of the molecule is FC(F)(F)Oc1ccc(Cc2ccncc2-c2nn[nH]n2)cc1. The second-order valence-electron chi connectivity index (χ2n) is 4.64. The van der Waals surface area contributed by atoms with Gasteiger partial charge in [-0.25, -0.2) is 0 Å². The summed E-state index contributed by atoms with van der Waals surface area (Å²) in [5.74, 6) is 0.152. The van der Waals surface area contributed by atoms with Crippen molar-refractivity contribution in [1.29, 1.82) is 0 Å². The third-order valence-corrected chi connectivity index (χ3v) is 3.05. The maximum absolute atomic E-state index is 12.1. The van der Waals surface area contributed by atoms with E-state index in [4.69, 9.17) is 0 Å². The molecular weight excluding hydrogens is 311 g/mol. The average Bonchev–Trinajstić information content (AvgIpc) is 3.02. The molecule has 0 radical (unpaired) electrons. The lowest BCUT2D eigenvalue weighted by atomic mass is 10.0. The number of aromatic nitrogens is 5. The van der Waals surface area contributed by atoms with Crippen LogP contribution in [-0.4, -0.2) is 32.0 Å². The van der Waals surface area contributed by atoms with Gasteiger partial charge in [0.2, 0.25) is 5.82 Å². The predicted octanol–water partition coefficient (Wildman–Crippen LogP) is 2.75. The van der Waals surface area contributed by atoms with Crippen molar-refractivity contribution in [2.24, 2.45) is 0 Å². The van der Waals surface area contributed by atoms with Crippen LogP contribution in [0.2, 0.25) is 0 Å². The topological polar surface area (TPSA) is 76.6 Å². The van der Waals surface area contributed by atoms with Crippen LogP contribution in [0, 0.1) is 0 Å². The number of nitrogens with zero attached hydrogens (tertiary/aromatic N) is 4. The molecule has 0 unspecified atom stereocenters. The maximum atomic E-state index is 12.1. The molecule has 23 heavy (non-hydrogen) atoms. The van der Waals surface area contributed by atoms with Gasteiger partial charge in [-0.1, -0.05) is 12.1 Å². The highest BCUT2D eigenvalue weighted by atomic mass is 19.4. The third kappa shape index (κ3) is 3.82. The molecule has 3 rings (SSSR count). The number of halogens is 3. The number of pyridine rings is 1. The van der Waals surface area contributed by atoms with Gasteiger partial charge < -0.3 is 4.74 Å². The molecule has 0 bridgehead atoms. The van der Waals surface area contributed by atoms with Crippen LogP contribution < -0.4 is 4.74 Å². The molecule has 3 aromatic rings. The van der Waals surface area contributed by atoms with Crippen LogP contribution >= 0.6 is 0 Å². The van der Waals surface area contributed by atoms with E-state index in [2.05, 4.69) is 30.3 Å². The van der Waals surface area contributed by atoms with Crippen molar-refractivity contribution in [1.82, 2.24) is 25.6 Å². The standard InChI is InChI=1S/C14H10F3N5O/c15-14(16,17)23-11-3-1-9(2-4-11)7-10-5-6-18-8-12(10)13-19-21-22-20-13/h1-6,8H,7H2,(H,19,20,21,22). The van der Waals surface area contributed by atoms with Crippen LogP contribution in [-0.2, 0) is 6.42 Å². The van der Waals surface area contributed by atoms with Gasteiger partial charge in [-0.3, -0.25) is 4.98 Å². The van der Waals surface area contributed by atoms with E-state index < -0.39 is 6.36 Å². The molecule has 0 saturated carbocycles. The Morgan fingerprint density at radius 1 is 1.09 bits per heavy atom. The van der Waals surface area contributed by atoms with E-state index in [0.29, 0.717) is 17.8 Å². The monoisotopic (exact) mass is 321 g/mol. The van der Waals surface area contributed by atoms with E-state index in [0.717, 1.165) is 11.1 Å². The number of benzene rings is 1. The van der Waals surface area contributed by atoms with Gasteiger partial charge in [0.15, 0.2) is 0 Å². The van der Waals surface area contributed by atoms with Gasteiger partial charge in [-0.2, -0.15) is 5.21 Å². The molecule has 0 fully saturated rings. The van der Waals surface area contributed by atoms with Crippen LogP contribution in [0.1, 0.15) is 11.1 Å². The molecule has 2 heterocycles. The zero-order valence-corrected chi connectivity index (χ0v) is 11.6. The van der Waals surface area contributed by atoms with Crippen molar-refractivity contribution in [2.45, 2.75) is 12.8 Å². The normalized spacial score (nSPS) is 11.4. The van der Waals surface area contributed by atoms with Crippen molar-refractivity contribution in [3.8, 4) is 17.1 Å². The molecule has 2 aromatic heterocycles. The first-order valence-corrected chi connectivity index (χ1v) is 6.53. The Bertz CT molecular complexity index is 772. The minimum absolute atomic E-state index is 0.255. The molecule has 118 valence electrons. The van der Waals surface area contributed by atoms with E-state index in [-0.39, 0.29) is 5.75 Å². The molecule has 6 nitrogen and oxygen atoms in total. The van der Waals surface area contributed by atoms with Crippen LogP contribution in [0.5, 0.6) is 5.75 Å².